The molecular weight excluding hydrogens is 203 g/mol. The zero-order chi connectivity index (χ0) is 11.5. The van der Waals surface area contributed by atoms with E-state index in [0.717, 1.165) is 16.9 Å². The second-order valence-electron chi connectivity index (χ2n) is 3.59. The van der Waals surface area contributed by atoms with Crippen LogP contribution < -0.4 is 5.32 Å². The van der Waals surface area contributed by atoms with Crippen LogP contribution in [0.1, 0.15) is 5.56 Å². The van der Waals surface area contributed by atoms with Crippen LogP contribution >= 0.6 is 0 Å². The average molecular weight is 216 g/mol. The smallest absolute Gasteiger partial charge is 0.126 e. The standard InChI is InChI=1S/C13H13FN2/c1-9-11(4-3-5-12(9)14)13-8-10(15-2)6-7-16-13/h3-8H,1-2H3,(H,15,16). The molecule has 16 heavy (non-hydrogen) atoms. The van der Waals surface area contributed by atoms with Crippen LogP contribution in [0, 0.1) is 12.7 Å². The number of benzene rings is 1. The molecule has 3 heteroatoms. The Bertz CT molecular complexity index is 509. The van der Waals surface area contributed by atoms with E-state index in [-0.39, 0.29) is 5.82 Å². The van der Waals surface area contributed by atoms with E-state index in [1.54, 1.807) is 19.2 Å². The van der Waals surface area contributed by atoms with E-state index in [0.29, 0.717) is 5.56 Å². The summed E-state index contributed by atoms with van der Waals surface area (Å²) in [4.78, 5) is 4.25. The SMILES string of the molecule is CNc1ccnc(-c2cccc(F)c2C)c1. The summed E-state index contributed by atoms with van der Waals surface area (Å²) in [5.74, 6) is -0.200. The van der Waals surface area contributed by atoms with Gasteiger partial charge >= 0.3 is 0 Å². The van der Waals surface area contributed by atoms with Gasteiger partial charge in [0.1, 0.15) is 5.82 Å². The van der Waals surface area contributed by atoms with Crippen LogP contribution in [-0.2, 0) is 0 Å². The molecule has 2 nitrogen and oxygen atoms in total. The van der Waals surface area contributed by atoms with E-state index in [1.807, 2.05) is 25.2 Å². The first-order valence-electron chi connectivity index (χ1n) is 5.11. The van der Waals surface area contributed by atoms with Gasteiger partial charge in [0.2, 0.25) is 0 Å². The van der Waals surface area contributed by atoms with Crippen molar-refractivity contribution in [3.05, 3.63) is 47.9 Å². The second kappa shape index (κ2) is 4.31. The van der Waals surface area contributed by atoms with E-state index in [4.69, 9.17) is 0 Å². The van der Waals surface area contributed by atoms with Crippen LogP contribution in [0.3, 0.4) is 0 Å². The van der Waals surface area contributed by atoms with Crippen LogP contribution in [0.2, 0.25) is 0 Å². The Morgan fingerprint density at radius 2 is 2.06 bits per heavy atom. The van der Waals surface area contributed by atoms with Crippen LogP contribution in [0.25, 0.3) is 11.3 Å². The Kier molecular flexibility index (Phi) is 2.86. The number of nitrogens with zero attached hydrogens (tertiary/aromatic N) is 1. The quantitative estimate of drug-likeness (QED) is 0.833. The maximum atomic E-state index is 13.4. The Labute approximate surface area is 94.2 Å². The molecule has 2 aromatic rings. The zero-order valence-electron chi connectivity index (χ0n) is 9.29. The van der Waals surface area contributed by atoms with Gasteiger partial charge in [0.05, 0.1) is 5.69 Å². The van der Waals surface area contributed by atoms with Crippen molar-refractivity contribution in [3.63, 3.8) is 0 Å². The summed E-state index contributed by atoms with van der Waals surface area (Å²) in [6.45, 7) is 1.76. The van der Waals surface area contributed by atoms with Crippen molar-refractivity contribution < 1.29 is 4.39 Å². The number of halogens is 1. The van der Waals surface area contributed by atoms with E-state index in [2.05, 4.69) is 10.3 Å². The van der Waals surface area contributed by atoms with E-state index in [9.17, 15) is 4.39 Å². The summed E-state index contributed by atoms with van der Waals surface area (Å²) in [6.07, 6.45) is 1.71. The molecule has 0 fully saturated rings. The molecule has 1 heterocycles. The van der Waals surface area contributed by atoms with Gasteiger partial charge in [-0.05, 0) is 30.7 Å². The number of anilines is 1. The Balaban J connectivity index is 2.54. The van der Waals surface area contributed by atoms with Gasteiger partial charge in [-0.1, -0.05) is 12.1 Å². The van der Waals surface area contributed by atoms with Crippen LogP contribution in [0.4, 0.5) is 10.1 Å². The lowest BCUT2D eigenvalue weighted by Gasteiger charge is -2.07. The van der Waals surface area contributed by atoms with Crippen molar-refractivity contribution in [3.8, 4) is 11.3 Å². The van der Waals surface area contributed by atoms with Gasteiger partial charge in [-0.2, -0.15) is 0 Å². The highest BCUT2D eigenvalue weighted by atomic mass is 19.1. The highest BCUT2D eigenvalue weighted by Crippen LogP contribution is 2.24. The Morgan fingerprint density at radius 3 is 2.81 bits per heavy atom. The first kappa shape index (κ1) is 10.6. The van der Waals surface area contributed by atoms with Gasteiger partial charge in [-0.25, -0.2) is 4.39 Å². The predicted molar refractivity (Wildman–Crippen MR) is 63.9 cm³/mol. The molecule has 0 saturated carbocycles. The Hall–Kier alpha value is -1.90. The maximum Gasteiger partial charge on any atom is 0.126 e. The van der Waals surface area contributed by atoms with Crippen LogP contribution in [0.15, 0.2) is 36.5 Å². The average Bonchev–Trinajstić information content (AvgIpc) is 2.33. The minimum atomic E-state index is -0.200. The van der Waals surface area contributed by atoms with Gasteiger partial charge in [0, 0.05) is 24.5 Å². The molecule has 0 aliphatic carbocycles. The third-order valence-corrected chi connectivity index (χ3v) is 2.59. The maximum absolute atomic E-state index is 13.4. The van der Waals surface area contributed by atoms with Gasteiger partial charge in [-0.15, -0.1) is 0 Å². The molecule has 0 radical (unpaired) electrons. The highest BCUT2D eigenvalue weighted by molar-refractivity contribution is 5.67. The third-order valence-electron chi connectivity index (χ3n) is 2.59. The van der Waals surface area contributed by atoms with Crippen molar-refractivity contribution in [1.82, 2.24) is 4.98 Å². The number of nitrogens with one attached hydrogen (secondary N) is 1. The van der Waals surface area contributed by atoms with Crippen molar-refractivity contribution in [2.24, 2.45) is 0 Å². The number of rotatable bonds is 2. The van der Waals surface area contributed by atoms with E-state index in [1.165, 1.54) is 6.07 Å². The fraction of sp³-hybridized carbons (Fsp3) is 0.154. The number of pyridine rings is 1. The van der Waals surface area contributed by atoms with Gasteiger partial charge < -0.3 is 5.32 Å². The normalized spacial score (nSPS) is 10.2. The van der Waals surface area contributed by atoms with Gasteiger partial charge in [0.15, 0.2) is 0 Å². The number of aromatic nitrogens is 1. The lowest BCUT2D eigenvalue weighted by atomic mass is 10.0. The van der Waals surface area contributed by atoms with Crippen LogP contribution in [-0.4, -0.2) is 12.0 Å². The summed E-state index contributed by atoms with van der Waals surface area (Å²) in [5, 5.41) is 3.04. The molecule has 0 aliphatic heterocycles. The first-order valence-corrected chi connectivity index (χ1v) is 5.11. The Morgan fingerprint density at radius 1 is 1.25 bits per heavy atom. The third kappa shape index (κ3) is 1.89. The highest BCUT2D eigenvalue weighted by Gasteiger charge is 2.06. The molecule has 0 bridgehead atoms. The van der Waals surface area contributed by atoms with Crippen molar-refractivity contribution in [1.29, 1.82) is 0 Å². The van der Waals surface area contributed by atoms with E-state index < -0.39 is 0 Å². The van der Waals surface area contributed by atoms with Crippen LogP contribution in [0.5, 0.6) is 0 Å². The van der Waals surface area contributed by atoms with Crippen molar-refractivity contribution in [2.75, 3.05) is 12.4 Å². The summed E-state index contributed by atoms with van der Waals surface area (Å²) < 4.78 is 13.4. The summed E-state index contributed by atoms with van der Waals surface area (Å²) in [5.41, 5.74) is 3.21. The molecular formula is C13H13FN2. The predicted octanol–water partition coefficient (Wildman–Crippen LogP) is 3.24. The lowest BCUT2D eigenvalue weighted by Crippen LogP contribution is -1.93. The molecule has 0 saturated heterocycles. The molecule has 0 aliphatic rings. The molecule has 2 rings (SSSR count). The van der Waals surface area contributed by atoms with Crippen molar-refractivity contribution >= 4 is 5.69 Å². The topological polar surface area (TPSA) is 24.9 Å². The summed E-state index contributed by atoms with van der Waals surface area (Å²) >= 11 is 0. The zero-order valence-corrected chi connectivity index (χ0v) is 9.29. The van der Waals surface area contributed by atoms with Crippen molar-refractivity contribution in [2.45, 2.75) is 6.92 Å². The largest absolute Gasteiger partial charge is 0.388 e. The minimum absolute atomic E-state index is 0.200. The summed E-state index contributed by atoms with van der Waals surface area (Å²) in [6, 6.07) is 8.81. The molecule has 82 valence electrons. The molecule has 1 aromatic carbocycles. The number of hydrogen-bond donors (Lipinski definition) is 1. The molecule has 0 amide bonds. The van der Waals surface area contributed by atoms with Gasteiger partial charge in [0.25, 0.3) is 0 Å². The fourth-order valence-corrected chi connectivity index (χ4v) is 1.62. The molecule has 1 aromatic heterocycles. The summed E-state index contributed by atoms with van der Waals surface area (Å²) in [7, 11) is 1.84. The van der Waals surface area contributed by atoms with Gasteiger partial charge in [-0.3, -0.25) is 4.98 Å². The lowest BCUT2D eigenvalue weighted by molar-refractivity contribution is 0.619. The first-order chi connectivity index (χ1) is 7.72. The molecule has 1 N–H and O–H groups in total. The minimum Gasteiger partial charge on any atom is -0.388 e. The monoisotopic (exact) mass is 216 g/mol. The number of hydrogen-bond acceptors (Lipinski definition) is 2. The van der Waals surface area contributed by atoms with E-state index >= 15 is 0 Å². The molecule has 0 atom stereocenters. The fourth-order valence-electron chi connectivity index (χ4n) is 1.62. The molecule has 0 spiro atoms. The second-order valence-corrected chi connectivity index (χ2v) is 3.59. The molecule has 0 unspecified atom stereocenters.